The largest absolute Gasteiger partial charge is 0.352 e. The van der Waals surface area contributed by atoms with E-state index in [-0.39, 0.29) is 36.4 Å². The van der Waals surface area contributed by atoms with Crippen molar-refractivity contribution in [2.45, 2.75) is 58.7 Å². The molecule has 7 heteroatoms. The quantitative estimate of drug-likeness (QED) is 0.553. The lowest BCUT2D eigenvalue weighted by Crippen LogP contribution is -2.51. The van der Waals surface area contributed by atoms with Crippen LogP contribution in [0.25, 0.3) is 0 Å². The van der Waals surface area contributed by atoms with Crippen molar-refractivity contribution in [3.8, 4) is 0 Å². The molecule has 0 radical (unpaired) electrons. The van der Waals surface area contributed by atoms with Crippen LogP contribution in [-0.4, -0.2) is 28.8 Å². The van der Waals surface area contributed by atoms with Crippen molar-refractivity contribution in [2.24, 2.45) is 0 Å². The molecule has 0 fully saturated rings. The summed E-state index contributed by atoms with van der Waals surface area (Å²) in [4.78, 5) is 27.6. The normalized spacial score (nSPS) is 12.9. The van der Waals surface area contributed by atoms with Crippen molar-refractivity contribution in [2.75, 3.05) is 0 Å². The Kier molecular flexibility index (Phi) is 9.12. The van der Waals surface area contributed by atoms with Gasteiger partial charge < -0.3 is 10.2 Å². The molecule has 0 saturated heterocycles. The second-order valence-corrected chi connectivity index (χ2v) is 8.11. The van der Waals surface area contributed by atoms with Crippen LogP contribution in [0, 0.1) is 5.82 Å². The van der Waals surface area contributed by atoms with Crippen LogP contribution >= 0.6 is 23.2 Å². The first-order valence-corrected chi connectivity index (χ1v) is 10.8. The first-order valence-electron chi connectivity index (χ1n) is 10.0. The van der Waals surface area contributed by atoms with Crippen LogP contribution in [0.1, 0.15) is 44.7 Å². The lowest BCUT2D eigenvalue weighted by atomic mass is 10.1. The Morgan fingerprint density at radius 2 is 1.77 bits per heavy atom. The maximum Gasteiger partial charge on any atom is 0.243 e. The van der Waals surface area contributed by atoms with Gasteiger partial charge in [-0.05, 0) is 49.1 Å². The molecule has 2 rings (SSSR count). The summed E-state index contributed by atoms with van der Waals surface area (Å²) in [5.74, 6) is -1.04. The van der Waals surface area contributed by atoms with Crippen molar-refractivity contribution >= 4 is 35.0 Å². The van der Waals surface area contributed by atoms with Gasteiger partial charge in [-0.1, -0.05) is 61.3 Å². The molecular formula is C23H27Cl2FN2O2. The van der Waals surface area contributed by atoms with E-state index in [1.54, 1.807) is 36.4 Å². The minimum Gasteiger partial charge on any atom is -0.352 e. The molecule has 1 N–H and O–H groups in total. The van der Waals surface area contributed by atoms with Crippen molar-refractivity contribution in [3.63, 3.8) is 0 Å². The average molecular weight is 453 g/mol. The summed E-state index contributed by atoms with van der Waals surface area (Å²) in [6, 6.07) is 10.4. The fourth-order valence-electron chi connectivity index (χ4n) is 3.10. The summed E-state index contributed by atoms with van der Waals surface area (Å²) in [5, 5.41) is 3.83. The van der Waals surface area contributed by atoms with Crippen LogP contribution < -0.4 is 5.32 Å². The van der Waals surface area contributed by atoms with E-state index in [2.05, 4.69) is 5.32 Å². The molecule has 0 spiro atoms. The fourth-order valence-corrected chi connectivity index (χ4v) is 3.57. The lowest BCUT2D eigenvalue weighted by molar-refractivity contribution is -0.141. The van der Waals surface area contributed by atoms with E-state index in [1.807, 2.05) is 20.8 Å². The maximum atomic E-state index is 14.1. The second-order valence-electron chi connectivity index (χ2n) is 7.27. The number of carbonyl (C=O) groups is 2. The van der Waals surface area contributed by atoms with E-state index in [4.69, 9.17) is 23.2 Å². The van der Waals surface area contributed by atoms with Crippen molar-refractivity contribution in [3.05, 3.63) is 69.5 Å². The summed E-state index contributed by atoms with van der Waals surface area (Å²) in [7, 11) is 0. The van der Waals surface area contributed by atoms with Gasteiger partial charge in [-0.3, -0.25) is 9.59 Å². The summed E-state index contributed by atoms with van der Waals surface area (Å²) >= 11 is 12.3. The number of benzene rings is 2. The highest BCUT2D eigenvalue weighted by Crippen LogP contribution is 2.24. The Labute approximate surface area is 187 Å². The Morgan fingerprint density at radius 1 is 1.07 bits per heavy atom. The number of hydrogen-bond donors (Lipinski definition) is 1. The number of carbonyl (C=O) groups excluding carboxylic acids is 2. The van der Waals surface area contributed by atoms with Crippen LogP contribution in [0.5, 0.6) is 0 Å². The van der Waals surface area contributed by atoms with Gasteiger partial charge in [-0.2, -0.15) is 0 Å². The molecule has 0 aliphatic rings. The topological polar surface area (TPSA) is 49.4 Å². The van der Waals surface area contributed by atoms with Gasteiger partial charge >= 0.3 is 0 Å². The van der Waals surface area contributed by atoms with Crippen LogP contribution in [0.15, 0.2) is 42.5 Å². The molecule has 0 saturated carbocycles. The van der Waals surface area contributed by atoms with Crippen molar-refractivity contribution in [1.82, 2.24) is 10.2 Å². The molecule has 2 aromatic carbocycles. The molecule has 162 valence electrons. The van der Waals surface area contributed by atoms with E-state index < -0.39 is 11.9 Å². The van der Waals surface area contributed by atoms with E-state index in [0.717, 1.165) is 6.42 Å². The number of rotatable bonds is 9. The highest BCUT2D eigenvalue weighted by atomic mass is 35.5. The van der Waals surface area contributed by atoms with E-state index in [0.29, 0.717) is 22.0 Å². The molecule has 0 heterocycles. The highest BCUT2D eigenvalue weighted by Gasteiger charge is 2.30. The van der Waals surface area contributed by atoms with Crippen LogP contribution in [-0.2, 0) is 22.6 Å². The summed E-state index contributed by atoms with van der Waals surface area (Å²) in [5.41, 5.74) is 0.949. The smallest absolute Gasteiger partial charge is 0.243 e. The van der Waals surface area contributed by atoms with Gasteiger partial charge in [-0.25, -0.2) is 4.39 Å². The van der Waals surface area contributed by atoms with E-state index in [1.165, 1.54) is 11.0 Å². The molecule has 2 atom stereocenters. The monoisotopic (exact) mass is 452 g/mol. The number of amides is 2. The third kappa shape index (κ3) is 6.44. The molecule has 0 aliphatic carbocycles. The van der Waals surface area contributed by atoms with Gasteiger partial charge in [0.25, 0.3) is 0 Å². The highest BCUT2D eigenvalue weighted by molar-refractivity contribution is 6.35. The van der Waals surface area contributed by atoms with E-state index >= 15 is 0 Å². The molecule has 2 aromatic rings. The van der Waals surface area contributed by atoms with Gasteiger partial charge in [-0.15, -0.1) is 0 Å². The Balaban J connectivity index is 2.35. The molecule has 2 amide bonds. The van der Waals surface area contributed by atoms with Crippen LogP contribution in [0.3, 0.4) is 0 Å². The fraction of sp³-hybridized carbons (Fsp3) is 0.391. The molecule has 0 unspecified atom stereocenters. The van der Waals surface area contributed by atoms with Gasteiger partial charge in [0.15, 0.2) is 0 Å². The Hall–Kier alpha value is -2.11. The zero-order chi connectivity index (χ0) is 22.3. The van der Waals surface area contributed by atoms with Crippen LogP contribution in [0.4, 0.5) is 4.39 Å². The SMILES string of the molecule is CC[C@H](C(=O)N[C@@H](C)CC)N(Cc1ccc(Cl)cc1Cl)C(=O)Cc1ccccc1F. The first kappa shape index (κ1) is 24.2. The number of halogens is 3. The molecule has 0 bridgehead atoms. The Bertz CT molecular complexity index is 891. The van der Waals surface area contributed by atoms with Crippen molar-refractivity contribution < 1.29 is 14.0 Å². The standard InChI is InChI=1S/C23H27Cl2FN2O2/c1-4-15(3)27-23(30)21(5-2)28(14-17-10-11-18(24)13-19(17)25)22(29)12-16-8-6-7-9-20(16)26/h6-11,13,15,21H,4-5,12,14H2,1-3H3,(H,27,30)/t15-,21+/m0/s1. The summed E-state index contributed by atoms with van der Waals surface area (Å²) in [6.45, 7) is 5.84. The van der Waals surface area contributed by atoms with Gasteiger partial charge in [0.05, 0.1) is 6.42 Å². The number of nitrogens with one attached hydrogen (secondary N) is 1. The Morgan fingerprint density at radius 3 is 2.37 bits per heavy atom. The predicted octanol–water partition coefficient (Wildman–Crippen LogP) is 5.40. The summed E-state index contributed by atoms with van der Waals surface area (Å²) in [6.07, 6.45) is 1.04. The maximum absolute atomic E-state index is 14.1. The third-order valence-electron chi connectivity index (χ3n) is 5.04. The second kappa shape index (κ2) is 11.3. The van der Waals surface area contributed by atoms with Gasteiger partial charge in [0, 0.05) is 22.6 Å². The third-order valence-corrected chi connectivity index (χ3v) is 5.63. The number of nitrogens with zero attached hydrogens (tertiary/aromatic N) is 1. The molecule has 0 aromatic heterocycles. The minimum atomic E-state index is -0.704. The van der Waals surface area contributed by atoms with Crippen molar-refractivity contribution in [1.29, 1.82) is 0 Å². The van der Waals surface area contributed by atoms with Crippen LogP contribution in [0.2, 0.25) is 10.0 Å². The van der Waals surface area contributed by atoms with E-state index in [9.17, 15) is 14.0 Å². The zero-order valence-electron chi connectivity index (χ0n) is 17.4. The predicted molar refractivity (Wildman–Crippen MR) is 119 cm³/mol. The zero-order valence-corrected chi connectivity index (χ0v) is 18.9. The first-order chi connectivity index (χ1) is 14.3. The lowest BCUT2D eigenvalue weighted by Gasteiger charge is -2.32. The molecular weight excluding hydrogens is 426 g/mol. The molecule has 30 heavy (non-hydrogen) atoms. The summed E-state index contributed by atoms with van der Waals surface area (Å²) < 4.78 is 14.1. The molecule has 0 aliphatic heterocycles. The van der Waals surface area contributed by atoms with Gasteiger partial charge in [0.1, 0.15) is 11.9 Å². The minimum absolute atomic E-state index is 0.0193. The average Bonchev–Trinajstić information content (AvgIpc) is 2.70. The van der Waals surface area contributed by atoms with Gasteiger partial charge in [0.2, 0.25) is 11.8 Å². The molecule has 4 nitrogen and oxygen atoms in total. The number of hydrogen-bond acceptors (Lipinski definition) is 2.